The largest absolute Gasteiger partial charge is 0.494 e. The van der Waals surface area contributed by atoms with Crippen molar-refractivity contribution >= 4 is 33.6 Å². The number of rotatable bonds is 3. The molecule has 0 radical (unpaired) electrons. The van der Waals surface area contributed by atoms with Gasteiger partial charge < -0.3 is 14.5 Å². The predicted molar refractivity (Wildman–Crippen MR) is 93.6 cm³/mol. The van der Waals surface area contributed by atoms with Crippen LogP contribution in [-0.2, 0) is 4.74 Å². The Labute approximate surface area is 143 Å². The highest BCUT2D eigenvalue weighted by atomic mass is 32.1. The summed E-state index contributed by atoms with van der Waals surface area (Å²) in [5.74, 6) is 1.05. The molecule has 0 saturated heterocycles. The molecule has 1 aromatic carbocycles. The Hall–Kier alpha value is -2.61. The minimum absolute atomic E-state index is 0.327. The molecule has 0 unspecified atom stereocenters. The second-order valence-electron chi connectivity index (χ2n) is 6.12. The topological polar surface area (TPSA) is 89.1 Å². The smallest absolute Gasteiger partial charge is 0.414 e. The summed E-state index contributed by atoms with van der Waals surface area (Å²) in [6, 6.07) is 3.79. The molecule has 8 heteroatoms. The first-order valence-electron chi connectivity index (χ1n) is 7.33. The number of fused-ring (bicyclic) bond motifs is 1. The number of aromatic nitrogens is 3. The summed E-state index contributed by atoms with van der Waals surface area (Å²) in [7, 11) is 1.62. The standard InChI is InChI=1S/C16H18N4O3S/c1-16(2,3)23-15(21)20-14-17-7-10(19-14)9-5-6-11(22-4)12-13(9)24-8-18-12/h5-8H,1-4H3,(H2,17,19,20,21). The quantitative estimate of drug-likeness (QED) is 0.747. The number of ether oxygens (including phenoxy) is 2. The number of thiazole rings is 1. The van der Waals surface area contributed by atoms with E-state index in [1.54, 1.807) is 39.6 Å². The molecule has 1 amide bonds. The molecule has 24 heavy (non-hydrogen) atoms. The molecule has 7 nitrogen and oxygen atoms in total. The Balaban J connectivity index is 1.86. The zero-order valence-corrected chi connectivity index (χ0v) is 14.7. The van der Waals surface area contributed by atoms with E-state index in [-0.39, 0.29) is 0 Å². The molecule has 0 aliphatic carbocycles. The van der Waals surface area contributed by atoms with Crippen LogP contribution >= 0.6 is 11.3 Å². The van der Waals surface area contributed by atoms with E-state index >= 15 is 0 Å². The number of hydrogen-bond donors (Lipinski definition) is 2. The molecule has 3 aromatic rings. The Morgan fingerprint density at radius 2 is 2.08 bits per heavy atom. The van der Waals surface area contributed by atoms with Crippen molar-refractivity contribution < 1.29 is 14.3 Å². The highest BCUT2D eigenvalue weighted by Gasteiger charge is 2.18. The third-order valence-corrected chi connectivity index (χ3v) is 4.01. The Bertz CT molecular complexity index is 879. The van der Waals surface area contributed by atoms with Crippen LogP contribution in [-0.4, -0.2) is 33.8 Å². The maximum absolute atomic E-state index is 11.8. The fourth-order valence-corrected chi connectivity index (χ4v) is 3.06. The molecule has 3 rings (SSSR count). The number of carbonyl (C=O) groups is 1. The number of anilines is 1. The number of aromatic amines is 1. The summed E-state index contributed by atoms with van der Waals surface area (Å²) in [6.45, 7) is 5.41. The van der Waals surface area contributed by atoms with E-state index in [1.807, 2.05) is 12.1 Å². The second kappa shape index (κ2) is 6.12. The van der Waals surface area contributed by atoms with E-state index in [0.29, 0.717) is 5.95 Å². The van der Waals surface area contributed by atoms with Crippen LogP contribution in [0.5, 0.6) is 5.75 Å². The van der Waals surface area contributed by atoms with Crippen molar-refractivity contribution in [1.29, 1.82) is 0 Å². The summed E-state index contributed by atoms with van der Waals surface area (Å²) >= 11 is 1.52. The van der Waals surface area contributed by atoms with Crippen LogP contribution in [0.25, 0.3) is 21.5 Å². The Kier molecular flexibility index (Phi) is 4.15. The van der Waals surface area contributed by atoms with Crippen LogP contribution in [0, 0.1) is 0 Å². The third kappa shape index (κ3) is 3.33. The number of nitrogens with one attached hydrogen (secondary N) is 2. The van der Waals surface area contributed by atoms with Gasteiger partial charge in [-0.15, -0.1) is 11.3 Å². The minimum atomic E-state index is -0.565. The van der Waals surface area contributed by atoms with Crippen molar-refractivity contribution in [2.45, 2.75) is 26.4 Å². The van der Waals surface area contributed by atoms with E-state index in [2.05, 4.69) is 20.3 Å². The van der Waals surface area contributed by atoms with E-state index < -0.39 is 11.7 Å². The third-order valence-electron chi connectivity index (χ3n) is 3.15. The van der Waals surface area contributed by atoms with Gasteiger partial charge in [0, 0.05) is 5.56 Å². The van der Waals surface area contributed by atoms with Gasteiger partial charge >= 0.3 is 6.09 Å². The molecular formula is C16H18N4O3S. The van der Waals surface area contributed by atoms with E-state index in [4.69, 9.17) is 9.47 Å². The van der Waals surface area contributed by atoms with Gasteiger partial charge in [-0.3, -0.25) is 5.32 Å². The van der Waals surface area contributed by atoms with Gasteiger partial charge in [-0.2, -0.15) is 0 Å². The molecule has 2 N–H and O–H groups in total. The van der Waals surface area contributed by atoms with Crippen molar-refractivity contribution in [3.8, 4) is 17.0 Å². The molecule has 2 aromatic heterocycles. The van der Waals surface area contributed by atoms with Crippen molar-refractivity contribution in [3.05, 3.63) is 23.8 Å². The summed E-state index contributed by atoms with van der Waals surface area (Å²) in [5, 5.41) is 2.59. The lowest BCUT2D eigenvalue weighted by molar-refractivity contribution is 0.0635. The highest BCUT2D eigenvalue weighted by molar-refractivity contribution is 7.17. The molecule has 0 aliphatic rings. The average molecular weight is 346 g/mol. The summed E-state index contributed by atoms with van der Waals surface area (Å²) in [5.41, 5.74) is 3.73. The Morgan fingerprint density at radius 1 is 1.29 bits per heavy atom. The van der Waals surface area contributed by atoms with Gasteiger partial charge in [0.15, 0.2) is 0 Å². The molecule has 0 aliphatic heterocycles. The number of amides is 1. The normalized spacial score (nSPS) is 11.5. The van der Waals surface area contributed by atoms with Gasteiger partial charge in [0.25, 0.3) is 0 Å². The Morgan fingerprint density at radius 3 is 2.79 bits per heavy atom. The van der Waals surface area contributed by atoms with Crippen molar-refractivity contribution in [3.63, 3.8) is 0 Å². The van der Waals surface area contributed by atoms with Crippen LogP contribution in [0.1, 0.15) is 20.8 Å². The van der Waals surface area contributed by atoms with Crippen LogP contribution in [0.15, 0.2) is 23.8 Å². The molecule has 126 valence electrons. The molecule has 0 saturated carbocycles. The van der Waals surface area contributed by atoms with Gasteiger partial charge in [0.05, 0.1) is 29.2 Å². The average Bonchev–Trinajstić information content (AvgIpc) is 3.13. The summed E-state index contributed by atoms with van der Waals surface area (Å²) in [6.07, 6.45) is 1.11. The van der Waals surface area contributed by atoms with Crippen molar-refractivity contribution in [2.75, 3.05) is 12.4 Å². The lowest BCUT2D eigenvalue weighted by Gasteiger charge is -2.18. The first-order valence-corrected chi connectivity index (χ1v) is 8.21. The minimum Gasteiger partial charge on any atom is -0.494 e. The summed E-state index contributed by atoms with van der Waals surface area (Å²) < 4.78 is 11.5. The highest BCUT2D eigenvalue weighted by Crippen LogP contribution is 2.35. The van der Waals surface area contributed by atoms with E-state index in [1.165, 1.54) is 11.3 Å². The molecule has 0 bridgehead atoms. The first-order chi connectivity index (χ1) is 11.4. The predicted octanol–water partition coefficient (Wildman–Crippen LogP) is 4.04. The fraction of sp³-hybridized carbons (Fsp3) is 0.312. The lowest BCUT2D eigenvalue weighted by Crippen LogP contribution is -2.27. The van der Waals surface area contributed by atoms with Crippen LogP contribution in [0.3, 0.4) is 0 Å². The number of benzene rings is 1. The van der Waals surface area contributed by atoms with Crippen molar-refractivity contribution in [1.82, 2.24) is 15.0 Å². The molecule has 0 spiro atoms. The maximum atomic E-state index is 11.8. The molecule has 2 heterocycles. The number of H-pyrrole nitrogens is 1. The zero-order chi connectivity index (χ0) is 17.3. The SMILES string of the molecule is COc1ccc(-c2cnc(NC(=O)OC(C)(C)C)[nH]2)c2scnc12. The zero-order valence-electron chi connectivity index (χ0n) is 13.8. The molecule has 0 fully saturated rings. The number of imidazole rings is 1. The summed E-state index contributed by atoms with van der Waals surface area (Å²) in [4.78, 5) is 23.4. The second-order valence-corrected chi connectivity index (χ2v) is 6.97. The first kappa shape index (κ1) is 16.3. The maximum Gasteiger partial charge on any atom is 0.414 e. The van der Waals surface area contributed by atoms with Crippen LogP contribution in [0.2, 0.25) is 0 Å². The van der Waals surface area contributed by atoms with Crippen molar-refractivity contribution in [2.24, 2.45) is 0 Å². The molecule has 0 atom stereocenters. The van der Waals surface area contributed by atoms with Crippen LogP contribution in [0.4, 0.5) is 10.7 Å². The number of carbonyl (C=O) groups excluding carboxylic acids is 1. The lowest BCUT2D eigenvalue weighted by atomic mass is 10.1. The number of hydrogen-bond acceptors (Lipinski definition) is 6. The number of methoxy groups -OCH3 is 1. The molecular weight excluding hydrogens is 328 g/mol. The number of nitrogens with zero attached hydrogens (tertiary/aromatic N) is 2. The van der Waals surface area contributed by atoms with Gasteiger partial charge in [-0.05, 0) is 32.9 Å². The van der Waals surface area contributed by atoms with Gasteiger partial charge in [0.1, 0.15) is 16.9 Å². The fourth-order valence-electron chi connectivity index (χ4n) is 2.23. The van der Waals surface area contributed by atoms with E-state index in [0.717, 1.165) is 27.2 Å². The van der Waals surface area contributed by atoms with Gasteiger partial charge in [-0.25, -0.2) is 14.8 Å². The van der Waals surface area contributed by atoms with E-state index in [9.17, 15) is 4.79 Å². The van der Waals surface area contributed by atoms with Gasteiger partial charge in [0.2, 0.25) is 5.95 Å². The monoisotopic (exact) mass is 346 g/mol. The van der Waals surface area contributed by atoms with Gasteiger partial charge in [-0.1, -0.05) is 0 Å². The van der Waals surface area contributed by atoms with Crippen LogP contribution < -0.4 is 10.1 Å².